The summed E-state index contributed by atoms with van der Waals surface area (Å²) in [6.07, 6.45) is 0. The average molecular weight is 259 g/mol. The molecule has 0 saturated carbocycles. The van der Waals surface area contributed by atoms with Crippen LogP contribution < -0.4 is 10.1 Å². The summed E-state index contributed by atoms with van der Waals surface area (Å²) in [6.45, 7) is 8.84. The van der Waals surface area contributed by atoms with Crippen molar-refractivity contribution in [1.82, 2.24) is 10.2 Å². The van der Waals surface area contributed by atoms with Crippen molar-refractivity contribution in [2.75, 3.05) is 11.9 Å². The van der Waals surface area contributed by atoms with Gasteiger partial charge in [-0.15, -0.1) is 0 Å². The third-order valence-corrected chi connectivity index (χ3v) is 3.18. The number of benzene rings is 1. The highest BCUT2D eigenvalue weighted by atomic mass is 16.5. The number of rotatable bonds is 5. The van der Waals surface area contributed by atoms with E-state index in [1.807, 2.05) is 32.9 Å². The van der Waals surface area contributed by atoms with E-state index in [1.54, 1.807) is 0 Å². The second-order valence-electron chi connectivity index (χ2n) is 4.68. The Morgan fingerprint density at radius 1 is 1.26 bits per heavy atom. The number of ether oxygens (including phenoxy) is 1. The van der Waals surface area contributed by atoms with Gasteiger partial charge in [0.1, 0.15) is 5.75 Å². The summed E-state index contributed by atoms with van der Waals surface area (Å²) >= 11 is 0. The summed E-state index contributed by atoms with van der Waals surface area (Å²) in [7, 11) is 0. The smallest absolute Gasteiger partial charge is 0.119 e. The fraction of sp³-hybridized carbons (Fsp3) is 0.400. The molecule has 0 saturated heterocycles. The molecule has 2 aromatic rings. The van der Waals surface area contributed by atoms with E-state index in [0.29, 0.717) is 6.61 Å². The van der Waals surface area contributed by atoms with E-state index in [-0.39, 0.29) is 6.04 Å². The summed E-state index contributed by atoms with van der Waals surface area (Å²) in [5.74, 6) is 0.911. The van der Waals surface area contributed by atoms with E-state index in [9.17, 15) is 0 Å². The highest BCUT2D eigenvalue weighted by Crippen LogP contribution is 2.24. The van der Waals surface area contributed by atoms with Crippen LogP contribution in [0.15, 0.2) is 24.3 Å². The predicted molar refractivity (Wildman–Crippen MR) is 77.7 cm³/mol. The summed E-state index contributed by atoms with van der Waals surface area (Å²) in [4.78, 5) is 0. The zero-order chi connectivity index (χ0) is 13.8. The van der Waals surface area contributed by atoms with Crippen molar-refractivity contribution in [3.05, 3.63) is 41.2 Å². The molecule has 0 aliphatic heterocycles. The van der Waals surface area contributed by atoms with Crippen molar-refractivity contribution >= 4 is 5.69 Å². The molecule has 4 heteroatoms. The van der Waals surface area contributed by atoms with Crippen LogP contribution in [0.4, 0.5) is 5.69 Å². The minimum Gasteiger partial charge on any atom is -0.494 e. The van der Waals surface area contributed by atoms with Gasteiger partial charge in [0.05, 0.1) is 23.7 Å². The van der Waals surface area contributed by atoms with Crippen molar-refractivity contribution in [3.8, 4) is 5.75 Å². The molecule has 4 nitrogen and oxygen atoms in total. The molecule has 1 aromatic heterocycles. The third-order valence-electron chi connectivity index (χ3n) is 3.18. The van der Waals surface area contributed by atoms with Crippen molar-refractivity contribution in [3.63, 3.8) is 0 Å². The maximum absolute atomic E-state index is 5.45. The van der Waals surface area contributed by atoms with Crippen LogP contribution in [0.5, 0.6) is 5.75 Å². The Hall–Kier alpha value is -1.97. The first-order chi connectivity index (χ1) is 9.11. The quantitative estimate of drug-likeness (QED) is 0.862. The lowest BCUT2D eigenvalue weighted by atomic mass is 10.1. The molecule has 0 fully saturated rings. The summed E-state index contributed by atoms with van der Waals surface area (Å²) < 4.78 is 5.45. The van der Waals surface area contributed by atoms with Gasteiger partial charge in [0, 0.05) is 6.04 Å². The topological polar surface area (TPSA) is 49.9 Å². The monoisotopic (exact) mass is 259 g/mol. The van der Waals surface area contributed by atoms with Crippen LogP contribution in [0.25, 0.3) is 0 Å². The Balaban J connectivity index is 2.09. The van der Waals surface area contributed by atoms with Gasteiger partial charge < -0.3 is 10.1 Å². The van der Waals surface area contributed by atoms with Gasteiger partial charge in [0.25, 0.3) is 0 Å². The first kappa shape index (κ1) is 13.5. The van der Waals surface area contributed by atoms with E-state index in [0.717, 1.165) is 22.8 Å². The molecule has 2 N–H and O–H groups in total. The fourth-order valence-corrected chi connectivity index (χ4v) is 2.08. The molecule has 0 bridgehead atoms. The Morgan fingerprint density at radius 3 is 2.47 bits per heavy atom. The van der Waals surface area contributed by atoms with Crippen molar-refractivity contribution in [2.45, 2.75) is 33.7 Å². The largest absolute Gasteiger partial charge is 0.494 e. The zero-order valence-electron chi connectivity index (χ0n) is 11.9. The number of aryl methyl sites for hydroxylation is 2. The van der Waals surface area contributed by atoms with E-state index >= 15 is 0 Å². The number of H-pyrrole nitrogens is 1. The summed E-state index contributed by atoms with van der Waals surface area (Å²) in [6, 6.07) is 8.42. The Bertz CT molecular complexity index is 511. The number of hydrogen-bond donors (Lipinski definition) is 2. The van der Waals surface area contributed by atoms with Crippen molar-refractivity contribution in [2.24, 2.45) is 0 Å². The number of nitrogens with zero attached hydrogens (tertiary/aromatic N) is 1. The molecule has 1 atom stereocenters. The number of aromatic amines is 1. The maximum Gasteiger partial charge on any atom is 0.119 e. The van der Waals surface area contributed by atoms with Crippen LogP contribution in [0, 0.1) is 13.8 Å². The van der Waals surface area contributed by atoms with Gasteiger partial charge in [-0.25, -0.2) is 0 Å². The van der Waals surface area contributed by atoms with E-state index < -0.39 is 0 Å². The number of hydrogen-bond acceptors (Lipinski definition) is 3. The molecule has 0 amide bonds. The van der Waals surface area contributed by atoms with Gasteiger partial charge in [0.2, 0.25) is 0 Å². The molecule has 0 aliphatic rings. The number of nitrogens with one attached hydrogen (secondary N) is 2. The van der Waals surface area contributed by atoms with Gasteiger partial charge in [-0.1, -0.05) is 12.1 Å². The average Bonchev–Trinajstić information content (AvgIpc) is 2.72. The lowest BCUT2D eigenvalue weighted by Crippen LogP contribution is -2.07. The normalized spacial score (nSPS) is 12.2. The Morgan fingerprint density at radius 2 is 1.95 bits per heavy atom. The first-order valence-corrected chi connectivity index (χ1v) is 6.62. The minimum atomic E-state index is 0.227. The minimum absolute atomic E-state index is 0.227. The van der Waals surface area contributed by atoms with Crippen LogP contribution in [-0.4, -0.2) is 16.8 Å². The van der Waals surface area contributed by atoms with Gasteiger partial charge >= 0.3 is 0 Å². The third kappa shape index (κ3) is 3.08. The molecule has 0 aliphatic carbocycles. The van der Waals surface area contributed by atoms with E-state index in [4.69, 9.17) is 4.74 Å². The molecule has 1 aromatic carbocycles. The second kappa shape index (κ2) is 5.78. The summed E-state index contributed by atoms with van der Waals surface area (Å²) in [5, 5.41) is 10.7. The van der Waals surface area contributed by atoms with Crippen molar-refractivity contribution in [1.29, 1.82) is 0 Å². The number of anilines is 1. The molecular formula is C15H21N3O. The Kier molecular flexibility index (Phi) is 4.10. The van der Waals surface area contributed by atoms with Gasteiger partial charge in [-0.2, -0.15) is 5.10 Å². The Labute approximate surface area is 114 Å². The van der Waals surface area contributed by atoms with Crippen LogP contribution in [0.2, 0.25) is 0 Å². The number of aromatic nitrogens is 2. The molecule has 1 heterocycles. The fourth-order valence-electron chi connectivity index (χ4n) is 2.08. The standard InChI is InChI=1S/C15H21N3O/c1-5-19-14-8-6-13(7-9-14)10(2)16-15-11(3)17-18-12(15)4/h6-10,16H,5H2,1-4H3,(H,17,18). The van der Waals surface area contributed by atoms with Gasteiger partial charge in [-0.3, -0.25) is 5.10 Å². The molecule has 1 unspecified atom stereocenters. The van der Waals surface area contributed by atoms with Crippen molar-refractivity contribution < 1.29 is 4.74 Å². The molecule has 0 spiro atoms. The van der Waals surface area contributed by atoms with Gasteiger partial charge in [-0.05, 0) is 45.4 Å². The van der Waals surface area contributed by atoms with Crippen LogP contribution in [0.1, 0.15) is 36.8 Å². The highest BCUT2D eigenvalue weighted by molar-refractivity contribution is 5.53. The second-order valence-corrected chi connectivity index (χ2v) is 4.68. The van der Waals surface area contributed by atoms with Crippen LogP contribution in [0.3, 0.4) is 0 Å². The molecule has 19 heavy (non-hydrogen) atoms. The predicted octanol–water partition coefficient (Wildman–Crippen LogP) is 3.60. The zero-order valence-corrected chi connectivity index (χ0v) is 11.9. The lowest BCUT2D eigenvalue weighted by Gasteiger charge is -2.16. The van der Waals surface area contributed by atoms with E-state index in [2.05, 4.69) is 34.6 Å². The first-order valence-electron chi connectivity index (χ1n) is 6.62. The molecular weight excluding hydrogens is 238 g/mol. The van der Waals surface area contributed by atoms with Gasteiger partial charge in [0.15, 0.2) is 0 Å². The summed E-state index contributed by atoms with van der Waals surface area (Å²) in [5.41, 5.74) is 4.37. The maximum atomic E-state index is 5.45. The highest BCUT2D eigenvalue weighted by Gasteiger charge is 2.11. The molecule has 102 valence electrons. The lowest BCUT2D eigenvalue weighted by molar-refractivity contribution is 0.340. The van der Waals surface area contributed by atoms with E-state index in [1.165, 1.54) is 5.56 Å². The van der Waals surface area contributed by atoms with Crippen LogP contribution >= 0.6 is 0 Å². The SMILES string of the molecule is CCOc1ccc(C(C)Nc2c(C)n[nH]c2C)cc1. The molecule has 2 rings (SSSR count). The molecule has 0 radical (unpaired) electrons. The van der Waals surface area contributed by atoms with Crippen LogP contribution in [-0.2, 0) is 0 Å².